The van der Waals surface area contributed by atoms with Crippen molar-refractivity contribution in [1.29, 1.82) is 0 Å². The standard InChI is InChI=1S/3Ca.Eu.3H3O4P/c;;;;3*1-5(2,3)4/h;;;;3*(H3,1,2,3,4)/q3*+2;+3;;;/p-9. The van der Waals surface area contributed by atoms with Crippen LogP contribution in [0.3, 0.4) is 0 Å². The molecule has 0 N–H and O–H groups in total. The van der Waals surface area contributed by atoms with Crippen molar-refractivity contribution >= 4 is 137 Å². The van der Waals surface area contributed by atoms with Gasteiger partial charge in [0.2, 0.25) is 0 Å². The molecule has 0 heterocycles. The van der Waals surface area contributed by atoms with Gasteiger partial charge in [-0.1, -0.05) is 0 Å². The summed E-state index contributed by atoms with van der Waals surface area (Å²) in [4.78, 5) is 76.9. The minimum absolute atomic E-state index is 0. The molecule has 100 valence electrons. The molecule has 0 aromatic rings. The molecule has 0 rings (SSSR count). The van der Waals surface area contributed by atoms with E-state index in [1.54, 1.807) is 0 Å². The molecule has 0 aromatic heterocycles. The third-order valence-electron chi connectivity index (χ3n) is 0. The normalized spacial score (nSPS) is 9.32. The maximum absolute atomic E-state index is 8.55. The van der Waals surface area contributed by atoms with E-state index in [4.69, 9.17) is 57.7 Å². The molecular weight excluding hydrogens is 557 g/mol. The second kappa shape index (κ2) is 21.7. The van der Waals surface area contributed by atoms with Gasteiger partial charge in [0, 0.05) is 0 Å². The molecule has 0 aliphatic carbocycles. The van der Waals surface area contributed by atoms with Gasteiger partial charge in [-0.3, -0.25) is 0 Å². The van der Waals surface area contributed by atoms with Crippen LogP contribution in [0.5, 0.6) is 0 Å². The van der Waals surface area contributed by atoms with Gasteiger partial charge in [0.25, 0.3) is 0 Å². The van der Waals surface area contributed by atoms with Crippen LogP contribution in [-0.2, 0) is 13.7 Å². The van der Waals surface area contributed by atoms with Crippen LogP contribution in [0, 0.1) is 49.4 Å². The summed E-state index contributed by atoms with van der Waals surface area (Å²) in [6, 6.07) is 0. The van der Waals surface area contributed by atoms with Gasteiger partial charge < -0.3 is 57.7 Å². The first-order valence-corrected chi connectivity index (χ1v) is 6.57. The Morgan fingerprint density at radius 1 is 0.421 bits per heavy atom. The van der Waals surface area contributed by atoms with E-state index in [1.165, 1.54) is 0 Å². The van der Waals surface area contributed by atoms with Crippen LogP contribution < -0.4 is 44.0 Å². The molecule has 19 heavy (non-hydrogen) atoms. The Bertz CT molecular complexity index is 214. The van der Waals surface area contributed by atoms with E-state index in [2.05, 4.69) is 0 Å². The van der Waals surface area contributed by atoms with Crippen LogP contribution in [0.25, 0.3) is 0 Å². The van der Waals surface area contributed by atoms with Gasteiger partial charge >= 0.3 is 163 Å². The zero-order valence-corrected chi connectivity index (χ0v) is 20.5. The van der Waals surface area contributed by atoms with Crippen molar-refractivity contribution in [3.05, 3.63) is 0 Å². The Kier molecular flexibility index (Phi) is 50.7. The molecule has 0 spiro atoms. The molecule has 0 bridgehead atoms. The van der Waals surface area contributed by atoms with Gasteiger partial charge in [0.1, 0.15) is 0 Å². The van der Waals surface area contributed by atoms with Crippen molar-refractivity contribution in [2.24, 2.45) is 0 Å². The molecule has 0 aliphatic rings. The quantitative estimate of drug-likeness (QED) is 0.199. The van der Waals surface area contributed by atoms with E-state index in [-0.39, 0.29) is 163 Å². The minimum atomic E-state index is -5.39. The smallest absolute Gasteiger partial charge is 0.822 e. The van der Waals surface area contributed by atoms with Crippen LogP contribution in [0.1, 0.15) is 0 Å². The van der Waals surface area contributed by atoms with Gasteiger partial charge in [-0.25, -0.2) is 0 Å². The molecule has 0 atom stereocenters. The second-order valence-electron chi connectivity index (χ2n) is 1.34. The van der Waals surface area contributed by atoms with E-state index >= 15 is 0 Å². The zero-order chi connectivity index (χ0) is 13.5. The van der Waals surface area contributed by atoms with Gasteiger partial charge in [0.15, 0.2) is 0 Å². The third kappa shape index (κ3) is 344. The maximum atomic E-state index is 8.55. The van der Waals surface area contributed by atoms with E-state index in [0.29, 0.717) is 0 Å². The fraction of sp³-hybridized carbons (Fsp3) is 0. The molecule has 19 heteroatoms. The summed E-state index contributed by atoms with van der Waals surface area (Å²) in [5, 5.41) is 0. The van der Waals surface area contributed by atoms with Crippen LogP contribution in [0.15, 0.2) is 0 Å². The van der Waals surface area contributed by atoms with Crippen molar-refractivity contribution in [2.45, 2.75) is 0 Å². The fourth-order valence-electron chi connectivity index (χ4n) is 0. The number of phosphoric acid groups is 3. The van der Waals surface area contributed by atoms with Gasteiger partial charge in [-0.15, -0.1) is 0 Å². The first-order valence-electron chi connectivity index (χ1n) is 2.19. The van der Waals surface area contributed by atoms with Crippen LogP contribution in [0.4, 0.5) is 0 Å². The molecule has 12 nitrogen and oxygen atoms in total. The van der Waals surface area contributed by atoms with E-state index in [0.717, 1.165) is 0 Å². The van der Waals surface area contributed by atoms with Crippen LogP contribution in [0.2, 0.25) is 0 Å². The average Bonchev–Trinajstić information content (AvgIpc) is 1.41. The Morgan fingerprint density at radius 2 is 0.421 bits per heavy atom. The maximum Gasteiger partial charge on any atom is 3.00 e. The van der Waals surface area contributed by atoms with Gasteiger partial charge in [-0.05, 0) is 0 Å². The first kappa shape index (κ1) is 44.3. The van der Waals surface area contributed by atoms with Crippen molar-refractivity contribution < 1.29 is 107 Å². The van der Waals surface area contributed by atoms with Crippen molar-refractivity contribution in [3.63, 3.8) is 0 Å². The number of rotatable bonds is 0. The molecule has 0 saturated heterocycles. The Hall–Kier alpha value is 5.69. The average molecular weight is 557 g/mol. The topological polar surface area (TPSA) is 259 Å². The molecule has 0 radical (unpaired) electrons. The molecule has 0 unspecified atom stereocenters. The number of hydrogen-bond donors (Lipinski definition) is 0. The van der Waals surface area contributed by atoms with Crippen molar-refractivity contribution in [2.75, 3.05) is 0 Å². The number of hydrogen-bond acceptors (Lipinski definition) is 12. The Balaban J connectivity index is -0.0000000206. The third-order valence-corrected chi connectivity index (χ3v) is 0. The summed E-state index contributed by atoms with van der Waals surface area (Å²) >= 11 is 0. The summed E-state index contributed by atoms with van der Waals surface area (Å²) in [7, 11) is -16.2. The molecule has 0 amide bonds. The summed E-state index contributed by atoms with van der Waals surface area (Å²) in [5.74, 6) is 0. The fourth-order valence-corrected chi connectivity index (χ4v) is 0. The Morgan fingerprint density at radius 3 is 0.421 bits per heavy atom. The Labute approximate surface area is 238 Å². The van der Waals surface area contributed by atoms with Crippen molar-refractivity contribution in [3.8, 4) is 0 Å². The SMILES string of the molecule is O=P([O-])([O-])[O-].O=P([O-])([O-])[O-].O=P([O-])([O-])[O-].[Ca+2].[Ca+2].[Ca+2].[Eu+3]. The van der Waals surface area contributed by atoms with E-state index in [1.807, 2.05) is 0 Å². The molecule has 0 aromatic carbocycles. The molecule has 0 saturated carbocycles. The van der Waals surface area contributed by atoms with E-state index < -0.39 is 23.5 Å². The van der Waals surface area contributed by atoms with Crippen LogP contribution in [-0.4, -0.2) is 113 Å². The molecule has 0 aliphatic heterocycles. The molecule has 0 fully saturated rings. The second-order valence-corrected chi connectivity index (χ2v) is 4.02. The van der Waals surface area contributed by atoms with Crippen LogP contribution >= 0.6 is 23.5 Å². The summed E-state index contributed by atoms with van der Waals surface area (Å²) < 4.78 is 25.6. The largest absolute Gasteiger partial charge is 3.00 e. The predicted molar refractivity (Wildman–Crippen MR) is 40.1 cm³/mol. The zero-order valence-electron chi connectivity index (χ0n) is 8.74. The van der Waals surface area contributed by atoms with Crippen molar-refractivity contribution in [1.82, 2.24) is 0 Å². The van der Waals surface area contributed by atoms with Gasteiger partial charge in [-0.2, -0.15) is 23.5 Å². The monoisotopic (exact) mass is 558 g/mol. The first-order chi connectivity index (χ1) is 6.00. The van der Waals surface area contributed by atoms with Gasteiger partial charge in [0.05, 0.1) is 0 Å². The van der Waals surface area contributed by atoms with E-state index in [9.17, 15) is 0 Å². The summed E-state index contributed by atoms with van der Waals surface area (Å²) in [6.45, 7) is 0. The molecular formula is Ca3EuO12P3. The minimum Gasteiger partial charge on any atom is -0.822 e. The summed E-state index contributed by atoms with van der Waals surface area (Å²) in [6.07, 6.45) is 0. The predicted octanol–water partition coefficient (Wildman–Crippen LogP) is -9.62. The summed E-state index contributed by atoms with van der Waals surface area (Å²) in [5.41, 5.74) is 0.